The Labute approximate surface area is 132 Å². The molecular weight excluding hydrogens is 299 g/mol. The maximum absolute atomic E-state index is 13.5. The van der Waals surface area contributed by atoms with Crippen molar-refractivity contribution in [2.24, 2.45) is 0 Å². The molecule has 2 aromatic rings. The van der Waals surface area contributed by atoms with E-state index in [0.717, 1.165) is 0 Å². The minimum absolute atomic E-state index is 0.114. The van der Waals surface area contributed by atoms with Crippen LogP contribution in [0, 0.1) is 17.1 Å². The number of para-hydroxylation sites is 1. The van der Waals surface area contributed by atoms with Crippen molar-refractivity contribution >= 4 is 5.91 Å². The minimum Gasteiger partial charge on any atom is -0.482 e. The van der Waals surface area contributed by atoms with Gasteiger partial charge < -0.3 is 15.2 Å². The Kier molecular flexibility index (Phi) is 5.67. The Hall–Kier alpha value is -2.91. The molecule has 1 amide bonds. The molecule has 0 aliphatic carbocycles. The fourth-order valence-electron chi connectivity index (χ4n) is 1.95. The van der Waals surface area contributed by atoms with Gasteiger partial charge in [-0.1, -0.05) is 30.3 Å². The molecule has 0 spiro atoms. The molecule has 5 nitrogen and oxygen atoms in total. The highest BCUT2D eigenvalue weighted by molar-refractivity contribution is 5.77. The summed E-state index contributed by atoms with van der Waals surface area (Å²) in [4.78, 5) is 11.7. The van der Waals surface area contributed by atoms with E-state index in [9.17, 15) is 14.3 Å². The van der Waals surface area contributed by atoms with Gasteiger partial charge in [0.05, 0.1) is 11.7 Å². The van der Waals surface area contributed by atoms with Crippen molar-refractivity contribution in [1.29, 1.82) is 5.26 Å². The molecule has 0 aliphatic heterocycles. The van der Waals surface area contributed by atoms with E-state index in [2.05, 4.69) is 5.32 Å². The normalized spacial score (nSPS) is 11.3. The predicted molar refractivity (Wildman–Crippen MR) is 81.0 cm³/mol. The number of amides is 1. The zero-order valence-corrected chi connectivity index (χ0v) is 12.2. The van der Waals surface area contributed by atoms with Crippen LogP contribution >= 0.6 is 0 Å². The number of carbonyl (C=O) groups is 1. The van der Waals surface area contributed by atoms with Crippen LogP contribution in [-0.2, 0) is 4.79 Å². The van der Waals surface area contributed by atoms with Crippen molar-refractivity contribution in [2.45, 2.75) is 6.10 Å². The van der Waals surface area contributed by atoms with Gasteiger partial charge in [0.15, 0.2) is 6.61 Å². The number of benzene rings is 2. The van der Waals surface area contributed by atoms with Crippen LogP contribution in [0.25, 0.3) is 0 Å². The molecule has 0 saturated heterocycles. The molecule has 0 bridgehead atoms. The van der Waals surface area contributed by atoms with E-state index in [4.69, 9.17) is 10.00 Å². The summed E-state index contributed by atoms with van der Waals surface area (Å²) in [6, 6.07) is 14.3. The summed E-state index contributed by atoms with van der Waals surface area (Å²) in [7, 11) is 0. The molecule has 2 N–H and O–H groups in total. The number of nitrogens with zero attached hydrogens (tertiary/aromatic N) is 1. The summed E-state index contributed by atoms with van der Waals surface area (Å²) in [5, 5.41) is 21.2. The quantitative estimate of drug-likeness (QED) is 0.853. The van der Waals surface area contributed by atoms with Gasteiger partial charge in [-0.2, -0.15) is 5.26 Å². The Morgan fingerprint density at radius 1 is 1.26 bits per heavy atom. The monoisotopic (exact) mass is 314 g/mol. The van der Waals surface area contributed by atoms with Crippen LogP contribution in [-0.4, -0.2) is 24.2 Å². The van der Waals surface area contributed by atoms with Gasteiger partial charge in [-0.3, -0.25) is 4.79 Å². The lowest BCUT2D eigenvalue weighted by atomic mass is 10.1. The summed E-state index contributed by atoms with van der Waals surface area (Å²) < 4.78 is 18.8. The van der Waals surface area contributed by atoms with Crippen molar-refractivity contribution < 1.29 is 19.0 Å². The number of hydrogen-bond donors (Lipinski definition) is 2. The minimum atomic E-state index is -1.15. The average molecular weight is 314 g/mol. The lowest BCUT2D eigenvalue weighted by Gasteiger charge is -2.13. The van der Waals surface area contributed by atoms with Gasteiger partial charge in [0.2, 0.25) is 0 Å². The largest absolute Gasteiger partial charge is 0.482 e. The van der Waals surface area contributed by atoms with Crippen molar-refractivity contribution in [3.05, 3.63) is 65.5 Å². The van der Waals surface area contributed by atoms with Crippen LogP contribution in [0.15, 0.2) is 48.5 Å². The fourth-order valence-corrected chi connectivity index (χ4v) is 1.95. The van der Waals surface area contributed by atoms with Gasteiger partial charge in [-0.05, 0) is 18.2 Å². The highest BCUT2D eigenvalue weighted by Gasteiger charge is 2.13. The number of carbonyl (C=O) groups excluding carboxylic acids is 1. The summed E-state index contributed by atoms with van der Waals surface area (Å²) >= 11 is 0. The van der Waals surface area contributed by atoms with E-state index in [1.165, 1.54) is 18.2 Å². The van der Waals surface area contributed by atoms with Crippen LogP contribution in [0.2, 0.25) is 0 Å². The fraction of sp³-hybridized carbons (Fsp3) is 0.176. The molecule has 2 aromatic carbocycles. The SMILES string of the molecule is N#Cc1ccccc1OCC(=O)NCC(O)c1ccccc1F. The van der Waals surface area contributed by atoms with Crippen molar-refractivity contribution in [1.82, 2.24) is 5.32 Å². The van der Waals surface area contributed by atoms with E-state index >= 15 is 0 Å². The van der Waals surface area contributed by atoms with Crippen molar-refractivity contribution in [3.8, 4) is 11.8 Å². The second-order valence-electron chi connectivity index (χ2n) is 4.74. The molecule has 1 unspecified atom stereocenters. The number of halogens is 1. The lowest BCUT2D eigenvalue weighted by Crippen LogP contribution is -2.32. The smallest absolute Gasteiger partial charge is 0.258 e. The van der Waals surface area contributed by atoms with Crippen LogP contribution in [0.3, 0.4) is 0 Å². The molecule has 0 saturated carbocycles. The lowest BCUT2D eigenvalue weighted by molar-refractivity contribution is -0.123. The van der Waals surface area contributed by atoms with Gasteiger partial charge in [0, 0.05) is 12.1 Å². The molecule has 23 heavy (non-hydrogen) atoms. The molecule has 0 heterocycles. The van der Waals surface area contributed by atoms with Gasteiger partial charge in [0.25, 0.3) is 5.91 Å². The van der Waals surface area contributed by atoms with E-state index in [-0.39, 0.29) is 18.7 Å². The van der Waals surface area contributed by atoms with Gasteiger partial charge in [-0.25, -0.2) is 4.39 Å². The first-order chi connectivity index (χ1) is 11.1. The van der Waals surface area contributed by atoms with Gasteiger partial charge in [-0.15, -0.1) is 0 Å². The van der Waals surface area contributed by atoms with Gasteiger partial charge in [0.1, 0.15) is 17.6 Å². The number of rotatable bonds is 6. The first kappa shape index (κ1) is 16.5. The Bertz CT molecular complexity index is 728. The second kappa shape index (κ2) is 7.92. The first-order valence-electron chi connectivity index (χ1n) is 6.93. The maximum atomic E-state index is 13.5. The third-order valence-electron chi connectivity index (χ3n) is 3.12. The Morgan fingerprint density at radius 2 is 1.96 bits per heavy atom. The van der Waals surface area contributed by atoms with E-state index < -0.39 is 17.8 Å². The molecule has 6 heteroatoms. The number of hydrogen-bond acceptors (Lipinski definition) is 4. The van der Waals surface area contributed by atoms with Crippen molar-refractivity contribution in [3.63, 3.8) is 0 Å². The van der Waals surface area contributed by atoms with Crippen LogP contribution < -0.4 is 10.1 Å². The van der Waals surface area contributed by atoms with E-state index in [1.54, 1.807) is 30.3 Å². The van der Waals surface area contributed by atoms with Gasteiger partial charge >= 0.3 is 0 Å². The van der Waals surface area contributed by atoms with Crippen LogP contribution in [0.5, 0.6) is 5.75 Å². The summed E-state index contributed by atoms with van der Waals surface area (Å²) in [5.74, 6) is -0.707. The molecule has 0 aliphatic rings. The van der Waals surface area contributed by atoms with Crippen LogP contribution in [0.1, 0.15) is 17.2 Å². The maximum Gasteiger partial charge on any atom is 0.258 e. The predicted octanol–water partition coefficient (Wildman–Crippen LogP) is 1.93. The zero-order chi connectivity index (χ0) is 16.7. The topological polar surface area (TPSA) is 82.3 Å². The van der Waals surface area contributed by atoms with E-state index in [0.29, 0.717) is 11.3 Å². The zero-order valence-electron chi connectivity index (χ0n) is 12.2. The molecule has 0 radical (unpaired) electrons. The molecule has 118 valence electrons. The Morgan fingerprint density at radius 3 is 2.70 bits per heavy atom. The first-order valence-corrected chi connectivity index (χ1v) is 6.93. The highest BCUT2D eigenvalue weighted by Crippen LogP contribution is 2.17. The van der Waals surface area contributed by atoms with Crippen LogP contribution in [0.4, 0.5) is 4.39 Å². The van der Waals surface area contributed by atoms with Crippen molar-refractivity contribution in [2.75, 3.05) is 13.2 Å². The molecule has 0 aromatic heterocycles. The Balaban J connectivity index is 1.84. The molecule has 0 fully saturated rings. The number of nitriles is 1. The summed E-state index contributed by atoms with van der Waals surface area (Å²) in [6.45, 7) is -0.439. The highest BCUT2D eigenvalue weighted by atomic mass is 19.1. The average Bonchev–Trinajstić information content (AvgIpc) is 2.58. The molecule has 2 rings (SSSR count). The molecule has 1 atom stereocenters. The number of ether oxygens (including phenoxy) is 1. The number of aliphatic hydroxyl groups is 1. The number of nitrogens with one attached hydrogen (secondary N) is 1. The molecular formula is C17H15FN2O3. The third kappa shape index (κ3) is 4.53. The number of aliphatic hydroxyl groups excluding tert-OH is 1. The standard InChI is InChI=1S/C17H15FN2O3/c18-14-7-3-2-6-13(14)15(21)10-20-17(22)11-23-16-8-4-1-5-12(16)9-19/h1-8,15,21H,10-11H2,(H,20,22). The van der Waals surface area contributed by atoms with E-state index in [1.807, 2.05) is 6.07 Å². The third-order valence-corrected chi connectivity index (χ3v) is 3.12. The summed E-state index contributed by atoms with van der Waals surface area (Å²) in [6.07, 6.45) is -1.15. The summed E-state index contributed by atoms with van der Waals surface area (Å²) in [5.41, 5.74) is 0.440. The second-order valence-corrected chi connectivity index (χ2v) is 4.74.